The lowest BCUT2D eigenvalue weighted by Gasteiger charge is -2.04. The van der Waals surface area contributed by atoms with E-state index >= 15 is 0 Å². The second-order valence-corrected chi connectivity index (χ2v) is 6.01. The van der Waals surface area contributed by atoms with Crippen LogP contribution in [0.2, 0.25) is 10.0 Å². The van der Waals surface area contributed by atoms with Crippen LogP contribution >= 0.6 is 23.2 Å². The van der Waals surface area contributed by atoms with E-state index in [4.69, 9.17) is 32.7 Å². The minimum absolute atomic E-state index is 0.0581. The van der Waals surface area contributed by atoms with E-state index in [1.807, 2.05) is 30.3 Å². The molecule has 0 radical (unpaired) electrons. The smallest absolute Gasteiger partial charge is 0.303 e. The lowest BCUT2D eigenvalue weighted by atomic mass is 10.1. The molecule has 122 valence electrons. The summed E-state index contributed by atoms with van der Waals surface area (Å²) in [6, 6.07) is 14.6. The molecule has 1 heterocycles. The molecule has 0 aliphatic heterocycles. The Hall–Kier alpha value is -2.30. The maximum atomic E-state index is 10.8. The molecule has 3 aromatic rings. The molecule has 0 unspecified atom stereocenters. The molecular formula is C18H13Cl2NO3. The van der Waals surface area contributed by atoms with Crippen LogP contribution in [-0.4, -0.2) is 16.1 Å². The van der Waals surface area contributed by atoms with Crippen molar-refractivity contribution < 1.29 is 14.3 Å². The van der Waals surface area contributed by atoms with Gasteiger partial charge in [-0.15, -0.1) is 0 Å². The summed E-state index contributed by atoms with van der Waals surface area (Å²) in [6.07, 6.45) is 0.144. The summed E-state index contributed by atoms with van der Waals surface area (Å²) in [4.78, 5) is 15.3. The minimum atomic E-state index is -0.906. The van der Waals surface area contributed by atoms with E-state index in [-0.39, 0.29) is 12.8 Å². The number of nitrogens with zero attached hydrogens (tertiary/aromatic N) is 1. The van der Waals surface area contributed by atoms with E-state index in [1.54, 1.807) is 18.2 Å². The van der Waals surface area contributed by atoms with Gasteiger partial charge in [0.25, 0.3) is 0 Å². The zero-order valence-electron chi connectivity index (χ0n) is 12.5. The highest BCUT2D eigenvalue weighted by molar-refractivity contribution is 6.35. The Kier molecular flexibility index (Phi) is 4.88. The number of carbonyl (C=O) groups is 1. The Bertz CT molecular complexity index is 875. The van der Waals surface area contributed by atoms with Crippen molar-refractivity contribution in [3.05, 3.63) is 64.5 Å². The van der Waals surface area contributed by atoms with E-state index in [2.05, 4.69) is 4.98 Å². The van der Waals surface area contributed by atoms with E-state index < -0.39 is 5.97 Å². The summed E-state index contributed by atoms with van der Waals surface area (Å²) in [5, 5.41) is 9.87. The van der Waals surface area contributed by atoms with Gasteiger partial charge >= 0.3 is 5.97 Å². The highest BCUT2D eigenvalue weighted by Gasteiger charge is 2.19. The molecule has 3 rings (SSSR count). The summed E-state index contributed by atoms with van der Waals surface area (Å²) in [5.41, 5.74) is 2.09. The number of rotatable bonds is 5. The molecule has 0 bridgehead atoms. The fourth-order valence-corrected chi connectivity index (χ4v) is 2.71. The molecule has 1 N–H and O–H groups in total. The third-order valence-corrected chi connectivity index (χ3v) is 4.01. The molecule has 0 atom stereocenters. The van der Waals surface area contributed by atoms with Gasteiger partial charge < -0.3 is 9.52 Å². The van der Waals surface area contributed by atoms with E-state index in [0.717, 1.165) is 5.56 Å². The molecule has 4 nitrogen and oxygen atoms in total. The maximum absolute atomic E-state index is 10.8. The van der Waals surface area contributed by atoms with Gasteiger partial charge in [-0.2, -0.15) is 0 Å². The Morgan fingerprint density at radius 2 is 1.88 bits per heavy atom. The molecule has 6 heteroatoms. The molecule has 0 fully saturated rings. The Morgan fingerprint density at radius 1 is 1.12 bits per heavy atom. The number of hydrogen-bond donors (Lipinski definition) is 1. The summed E-state index contributed by atoms with van der Waals surface area (Å²) < 4.78 is 5.82. The van der Waals surface area contributed by atoms with Crippen LogP contribution in [0.1, 0.15) is 12.3 Å². The Balaban J connectivity index is 2.12. The minimum Gasteiger partial charge on any atom is -0.481 e. The molecule has 0 amide bonds. The SMILES string of the molecule is O=C(O)CCc1nc(-c2ccccc2)c(-c2cc(Cl)ccc2Cl)o1. The normalized spacial score (nSPS) is 10.8. The van der Waals surface area contributed by atoms with Crippen molar-refractivity contribution >= 4 is 29.2 Å². The quantitative estimate of drug-likeness (QED) is 0.666. The molecule has 0 aliphatic rings. The monoisotopic (exact) mass is 361 g/mol. The van der Waals surface area contributed by atoms with Crippen LogP contribution in [0.25, 0.3) is 22.6 Å². The largest absolute Gasteiger partial charge is 0.481 e. The summed E-state index contributed by atoms with van der Waals surface area (Å²) in [5.74, 6) is -0.0758. The average molecular weight is 362 g/mol. The number of aromatic nitrogens is 1. The van der Waals surface area contributed by atoms with Crippen molar-refractivity contribution in [1.29, 1.82) is 0 Å². The first-order chi connectivity index (χ1) is 11.5. The number of benzene rings is 2. The summed E-state index contributed by atoms with van der Waals surface area (Å²) in [6.45, 7) is 0. The molecule has 1 aromatic heterocycles. The highest BCUT2D eigenvalue weighted by atomic mass is 35.5. The third kappa shape index (κ3) is 3.61. The molecule has 24 heavy (non-hydrogen) atoms. The van der Waals surface area contributed by atoms with Gasteiger partial charge in [-0.3, -0.25) is 4.79 Å². The zero-order chi connectivity index (χ0) is 17.1. The molecule has 0 saturated heterocycles. The fourth-order valence-electron chi connectivity index (χ4n) is 2.33. The van der Waals surface area contributed by atoms with Crippen LogP contribution in [0.15, 0.2) is 52.9 Å². The molecular weight excluding hydrogens is 349 g/mol. The fraction of sp³-hybridized carbons (Fsp3) is 0.111. The number of carboxylic acid groups (broad SMARTS) is 1. The van der Waals surface area contributed by atoms with Gasteiger partial charge in [0.05, 0.1) is 11.4 Å². The standard InChI is InChI=1S/C18H13Cl2NO3/c19-12-6-7-14(20)13(10-12)18-17(11-4-2-1-3-5-11)21-15(24-18)8-9-16(22)23/h1-7,10H,8-9H2,(H,22,23). The second kappa shape index (κ2) is 7.07. The zero-order valence-corrected chi connectivity index (χ0v) is 14.0. The van der Waals surface area contributed by atoms with Gasteiger partial charge in [-0.05, 0) is 18.2 Å². The van der Waals surface area contributed by atoms with Crippen molar-refractivity contribution in [3.63, 3.8) is 0 Å². The highest BCUT2D eigenvalue weighted by Crippen LogP contribution is 2.38. The van der Waals surface area contributed by atoms with E-state index in [1.165, 1.54) is 0 Å². The Morgan fingerprint density at radius 3 is 2.58 bits per heavy atom. The molecule has 2 aromatic carbocycles. The van der Waals surface area contributed by atoms with Crippen LogP contribution in [0.3, 0.4) is 0 Å². The van der Waals surface area contributed by atoms with Gasteiger partial charge in [0.15, 0.2) is 11.7 Å². The number of carboxylic acids is 1. The average Bonchev–Trinajstić information content (AvgIpc) is 3.00. The third-order valence-electron chi connectivity index (χ3n) is 3.44. The van der Waals surface area contributed by atoms with Crippen LogP contribution in [-0.2, 0) is 11.2 Å². The van der Waals surface area contributed by atoms with Crippen LogP contribution in [0.5, 0.6) is 0 Å². The van der Waals surface area contributed by atoms with E-state index in [0.29, 0.717) is 33.0 Å². The van der Waals surface area contributed by atoms with Gasteiger partial charge in [0.1, 0.15) is 5.69 Å². The van der Waals surface area contributed by atoms with Crippen molar-refractivity contribution in [2.75, 3.05) is 0 Å². The predicted molar refractivity (Wildman–Crippen MR) is 93.4 cm³/mol. The van der Waals surface area contributed by atoms with Crippen LogP contribution in [0.4, 0.5) is 0 Å². The molecule has 0 spiro atoms. The lowest BCUT2D eigenvalue weighted by molar-refractivity contribution is -0.137. The first-order valence-corrected chi connectivity index (χ1v) is 8.02. The summed E-state index contributed by atoms with van der Waals surface area (Å²) in [7, 11) is 0. The van der Waals surface area contributed by atoms with Gasteiger partial charge in [0.2, 0.25) is 0 Å². The topological polar surface area (TPSA) is 63.3 Å². The van der Waals surface area contributed by atoms with Crippen molar-refractivity contribution in [2.45, 2.75) is 12.8 Å². The Labute approximate surface area is 148 Å². The van der Waals surface area contributed by atoms with Gasteiger partial charge in [-0.1, -0.05) is 53.5 Å². The number of aliphatic carboxylic acids is 1. The summed E-state index contributed by atoms with van der Waals surface area (Å²) >= 11 is 12.4. The number of hydrogen-bond acceptors (Lipinski definition) is 3. The van der Waals surface area contributed by atoms with Gasteiger partial charge in [-0.25, -0.2) is 4.98 Å². The first kappa shape index (κ1) is 16.6. The number of halogens is 2. The van der Waals surface area contributed by atoms with Crippen molar-refractivity contribution in [1.82, 2.24) is 4.98 Å². The molecule has 0 aliphatic carbocycles. The van der Waals surface area contributed by atoms with Gasteiger partial charge in [0, 0.05) is 22.6 Å². The number of oxazole rings is 1. The van der Waals surface area contributed by atoms with Crippen molar-refractivity contribution in [3.8, 4) is 22.6 Å². The maximum Gasteiger partial charge on any atom is 0.303 e. The van der Waals surface area contributed by atoms with Crippen molar-refractivity contribution in [2.24, 2.45) is 0 Å². The lowest BCUT2D eigenvalue weighted by Crippen LogP contribution is -1.97. The molecule has 0 saturated carbocycles. The van der Waals surface area contributed by atoms with Crippen LogP contribution in [0, 0.1) is 0 Å². The number of aryl methyl sites for hydroxylation is 1. The second-order valence-electron chi connectivity index (χ2n) is 5.17. The van der Waals surface area contributed by atoms with Crippen LogP contribution < -0.4 is 0 Å². The first-order valence-electron chi connectivity index (χ1n) is 7.27. The predicted octanol–water partition coefficient (Wildman–Crippen LogP) is 5.33. The van der Waals surface area contributed by atoms with E-state index in [9.17, 15) is 4.79 Å².